The molecule has 0 bridgehead atoms. The van der Waals surface area contributed by atoms with Crippen LogP contribution in [-0.4, -0.2) is 65.8 Å². The van der Waals surface area contributed by atoms with E-state index in [0.717, 1.165) is 13.0 Å². The van der Waals surface area contributed by atoms with Gasteiger partial charge in [-0.05, 0) is 13.3 Å². The maximum atomic E-state index is 12.3. The molecule has 0 radical (unpaired) electrons. The Labute approximate surface area is 112 Å². The van der Waals surface area contributed by atoms with E-state index in [4.69, 9.17) is 9.84 Å². The molecule has 0 aliphatic carbocycles. The smallest absolute Gasteiger partial charge is 0.320 e. The molecule has 0 saturated carbocycles. The second-order valence-corrected chi connectivity index (χ2v) is 5.07. The molecule has 2 aliphatic heterocycles. The number of hydrogen-bond donors (Lipinski definition) is 1. The fourth-order valence-corrected chi connectivity index (χ4v) is 2.36. The van der Waals surface area contributed by atoms with E-state index in [9.17, 15) is 9.59 Å². The van der Waals surface area contributed by atoms with Crippen molar-refractivity contribution in [1.82, 2.24) is 9.80 Å². The fraction of sp³-hybridized carbons (Fsp3) is 0.692. The number of morpholine rings is 1. The van der Waals surface area contributed by atoms with Crippen molar-refractivity contribution in [3.8, 4) is 0 Å². The van der Waals surface area contributed by atoms with Crippen molar-refractivity contribution in [3.63, 3.8) is 0 Å². The molecule has 6 heteroatoms. The van der Waals surface area contributed by atoms with Gasteiger partial charge in [0.15, 0.2) is 0 Å². The molecule has 0 aromatic carbocycles. The van der Waals surface area contributed by atoms with Gasteiger partial charge in [0.05, 0.1) is 19.1 Å². The Balaban J connectivity index is 1.90. The standard InChI is InChI=1S/C13H20N2O4/c1-10-2-4-14(5-3-10)13(18)15-6-7-19-11(9-15)8-12(16)17/h2,11H,3-9H2,1H3,(H,16,17). The number of rotatable bonds is 2. The van der Waals surface area contributed by atoms with Gasteiger partial charge in [-0.1, -0.05) is 11.6 Å². The molecule has 1 N–H and O–H groups in total. The molecule has 2 amide bonds. The van der Waals surface area contributed by atoms with Crippen LogP contribution in [0.3, 0.4) is 0 Å². The first-order valence-corrected chi connectivity index (χ1v) is 6.59. The van der Waals surface area contributed by atoms with E-state index in [2.05, 4.69) is 13.0 Å². The highest BCUT2D eigenvalue weighted by molar-refractivity contribution is 5.75. The van der Waals surface area contributed by atoms with Crippen LogP contribution in [0.1, 0.15) is 19.8 Å². The van der Waals surface area contributed by atoms with Gasteiger partial charge >= 0.3 is 12.0 Å². The van der Waals surface area contributed by atoms with Gasteiger partial charge < -0.3 is 19.6 Å². The molecule has 2 rings (SSSR count). The molecule has 19 heavy (non-hydrogen) atoms. The quantitative estimate of drug-likeness (QED) is 0.756. The first kappa shape index (κ1) is 13.9. The highest BCUT2D eigenvalue weighted by Crippen LogP contribution is 2.15. The van der Waals surface area contributed by atoms with Crippen LogP contribution in [0.5, 0.6) is 0 Å². The predicted octanol–water partition coefficient (Wildman–Crippen LogP) is 0.934. The maximum Gasteiger partial charge on any atom is 0.320 e. The lowest BCUT2D eigenvalue weighted by Gasteiger charge is -2.36. The van der Waals surface area contributed by atoms with Crippen LogP contribution in [0.15, 0.2) is 11.6 Å². The number of ether oxygens (including phenoxy) is 1. The van der Waals surface area contributed by atoms with Crippen LogP contribution in [0.25, 0.3) is 0 Å². The molecule has 1 unspecified atom stereocenters. The SMILES string of the molecule is CC1=CCN(C(=O)N2CCOC(CC(=O)O)C2)CC1. The van der Waals surface area contributed by atoms with Crippen molar-refractivity contribution in [1.29, 1.82) is 0 Å². The second-order valence-electron chi connectivity index (χ2n) is 5.07. The fourth-order valence-electron chi connectivity index (χ4n) is 2.36. The van der Waals surface area contributed by atoms with Gasteiger partial charge in [0.1, 0.15) is 0 Å². The Morgan fingerprint density at radius 1 is 1.42 bits per heavy atom. The monoisotopic (exact) mass is 268 g/mol. The highest BCUT2D eigenvalue weighted by Gasteiger charge is 2.29. The van der Waals surface area contributed by atoms with Gasteiger partial charge in [0.2, 0.25) is 0 Å². The average molecular weight is 268 g/mol. The molecule has 1 saturated heterocycles. The van der Waals surface area contributed by atoms with Crippen LogP contribution in [-0.2, 0) is 9.53 Å². The zero-order chi connectivity index (χ0) is 13.8. The van der Waals surface area contributed by atoms with Crippen LogP contribution in [0.2, 0.25) is 0 Å². The topological polar surface area (TPSA) is 70.1 Å². The summed E-state index contributed by atoms with van der Waals surface area (Å²) in [7, 11) is 0. The van der Waals surface area contributed by atoms with Crippen LogP contribution in [0, 0.1) is 0 Å². The first-order chi connectivity index (χ1) is 9.06. The molecule has 106 valence electrons. The van der Waals surface area contributed by atoms with Crippen LogP contribution >= 0.6 is 0 Å². The number of amides is 2. The van der Waals surface area contributed by atoms with Crippen molar-refractivity contribution >= 4 is 12.0 Å². The molecule has 0 spiro atoms. The zero-order valence-corrected chi connectivity index (χ0v) is 11.2. The van der Waals surface area contributed by atoms with E-state index in [-0.39, 0.29) is 12.5 Å². The first-order valence-electron chi connectivity index (χ1n) is 6.59. The summed E-state index contributed by atoms with van der Waals surface area (Å²) in [5.74, 6) is -0.893. The molecular formula is C13H20N2O4. The third-order valence-electron chi connectivity index (χ3n) is 3.52. The van der Waals surface area contributed by atoms with Crippen molar-refractivity contribution in [3.05, 3.63) is 11.6 Å². The molecule has 0 aromatic heterocycles. The zero-order valence-electron chi connectivity index (χ0n) is 11.2. The van der Waals surface area contributed by atoms with E-state index in [1.807, 2.05) is 0 Å². The molecule has 2 aliphatic rings. The normalized spacial score (nSPS) is 24.1. The Morgan fingerprint density at radius 2 is 2.21 bits per heavy atom. The third-order valence-corrected chi connectivity index (χ3v) is 3.52. The van der Waals surface area contributed by atoms with Crippen LogP contribution in [0.4, 0.5) is 4.79 Å². The minimum absolute atomic E-state index is 0.0116. The molecule has 6 nitrogen and oxygen atoms in total. The number of carbonyl (C=O) groups excluding carboxylic acids is 1. The average Bonchev–Trinajstić information content (AvgIpc) is 2.38. The summed E-state index contributed by atoms with van der Waals surface area (Å²) >= 11 is 0. The third kappa shape index (κ3) is 3.70. The summed E-state index contributed by atoms with van der Waals surface area (Å²) in [5, 5.41) is 8.77. The Kier molecular flexibility index (Phi) is 4.42. The minimum Gasteiger partial charge on any atom is -0.481 e. The number of urea groups is 1. The highest BCUT2D eigenvalue weighted by atomic mass is 16.5. The van der Waals surface area contributed by atoms with Gasteiger partial charge in [-0.15, -0.1) is 0 Å². The summed E-state index contributed by atoms with van der Waals surface area (Å²) in [6, 6.07) is -0.0116. The summed E-state index contributed by atoms with van der Waals surface area (Å²) in [5.41, 5.74) is 1.31. The predicted molar refractivity (Wildman–Crippen MR) is 68.9 cm³/mol. The summed E-state index contributed by atoms with van der Waals surface area (Å²) in [6.07, 6.45) is 2.53. The van der Waals surface area contributed by atoms with Gasteiger partial charge in [-0.25, -0.2) is 4.79 Å². The van der Waals surface area contributed by atoms with E-state index < -0.39 is 12.1 Å². The molecular weight excluding hydrogens is 248 g/mol. The number of carbonyl (C=O) groups is 2. The summed E-state index contributed by atoms with van der Waals surface area (Å²) < 4.78 is 5.37. The van der Waals surface area contributed by atoms with E-state index >= 15 is 0 Å². The molecule has 0 aromatic rings. The van der Waals surface area contributed by atoms with Crippen LogP contribution < -0.4 is 0 Å². The Bertz CT molecular complexity index is 394. The van der Waals surface area contributed by atoms with Gasteiger partial charge in [0.25, 0.3) is 0 Å². The van der Waals surface area contributed by atoms with E-state index in [1.54, 1.807) is 9.80 Å². The Hall–Kier alpha value is -1.56. The number of nitrogens with zero attached hydrogens (tertiary/aromatic N) is 2. The second kappa shape index (κ2) is 6.06. The minimum atomic E-state index is -0.893. The van der Waals surface area contributed by atoms with Crippen molar-refractivity contribution in [2.24, 2.45) is 0 Å². The lowest BCUT2D eigenvalue weighted by Crippen LogP contribution is -2.52. The maximum absolute atomic E-state index is 12.3. The number of hydrogen-bond acceptors (Lipinski definition) is 3. The Morgan fingerprint density at radius 3 is 2.84 bits per heavy atom. The number of aliphatic carboxylic acids is 1. The molecule has 2 heterocycles. The summed E-state index contributed by atoms with van der Waals surface area (Å²) in [4.78, 5) is 26.5. The molecule has 1 fully saturated rings. The van der Waals surface area contributed by atoms with E-state index in [0.29, 0.717) is 26.2 Å². The lowest BCUT2D eigenvalue weighted by molar-refractivity contribution is -0.141. The number of carboxylic acid groups (broad SMARTS) is 1. The van der Waals surface area contributed by atoms with Gasteiger partial charge in [-0.3, -0.25) is 4.79 Å². The van der Waals surface area contributed by atoms with Crippen molar-refractivity contribution < 1.29 is 19.4 Å². The molecule has 1 atom stereocenters. The van der Waals surface area contributed by atoms with Gasteiger partial charge in [0, 0.05) is 26.2 Å². The van der Waals surface area contributed by atoms with Crippen molar-refractivity contribution in [2.45, 2.75) is 25.9 Å². The summed E-state index contributed by atoms with van der Waals surface area (Å²) in [6.45, 7) is 4.76. The van der Waals surface area contributed by atoms with Gasteiger partial charge in [-0.2, -0.15) is 0 Å². The van der Waals surface area contributed by atoms with E-state index in [1.165, 1.54) is 5.57 Å². The van der Waals surface area contributed by atoms with Crippen molar-refractivity contribution in [2.75, 3.05) is 32.8 Å². The lowest BCUT2D eigenvalue weighted by atomic mass is 10.1. The largest absolute Gasteiger partial charge is 0.481 e. The number of carboxylic acids is 1.